The summed E-state index contributed by atoms with van der Waals surface area (Å²) in [5.74, 6) is -0.581. The highest BCUT2D eigenvalue weighted by atomic mass is 16.6. The number of ether oxygens (including phenoxy) is 1. The lowest BCUT2D eigenvalue weighted by atomic mass is 10.1. The Morgan fingerprint density at radius 1 is 1.07 bits per heavy atom. The third kappa shape index (κ3) is 4.65. The molecule has 3 aromatic rings. The third-order valence-electron chi connectivity index (χ3n) is 4.29. The standard InChI is InChI=1S/C22H18N2O5/c1-15-7-12-19(22(26)23-18-10-8-16(13-25)9-11-18)20(24(27)28)21(15)29-14-17-5-3-2-4-6-17/h2-13H,14H2,1H3,(H,23,26). The lowest BCUT2D eigenvalue weighted by molar-refractivity contribution is -0.386. The largest absolute Gasteiger partial charge is 0.482 e. The van der Waals surface area contributed by atoms with E-state index in [-0.39, 0.29) is 23.6 Å². The molecule has 0 heterocycles. The van der Waals surface area contributed by atoms with Crippen molar-refractivity contribution >= 4 is 23.6 Å². The third-order valence-corrected chi connectivity index (χ3v) is 4.29. The van der Waals surface area contributed by atoms with Crippen molar-refractivity contribution in [2.75, 3.05) is 5.32 Å². The minimum atomic E-state index is -0.639. The fourth-order valence-electron chi connectivity index (χ4n) is 2.79. The van der Waals surface area contributed by atoms with Crippen LogP contribution in [0.1, 0.15) is 31.8 Å². The minimum absolute atomic E-state index is 0.0582. The number of nitro benzene ring substituents is 1. The molecule has 0 aromatic heterocycles. The van der Waals surface area contributed by atoms with Gasteiger partial charge in [0.2, 0.25) is 5.75 Å². The van der Waals surface area contributed by atoms with E-state index in [0.29, 0.717) is 23.1 Å². The van der Waals surface area contributed by atoms with E-state index >= 15 is 0 Å². The van der Waals surface area contributed by atoms with Crippen molar-refractivity contribution in [3.8, 4) is 5.75 Å². The van der Waals surface area contributed by atoms with Crippen molar-refractivity contribution in [2.45, 2.75) is 13.5 Å². The van der Waals surface area contributed by atoms with Crippen LogP contribution in [0.25, 0.3) is 0 Å². The first kappa shape index (κ1) is 19.8. The average Bonchev–Trinajstić information content (AvgIpc) is 2.73. The maximum atomic E-state index is 12.7. The predicted octanol–water partition coefficient (Wildman–Crippen LogP) is 4.55. The van der Waals surface area contributed by atoms with Crippen LogP contribution in [0.15, 0.2) is 66.7 Å². The van der Waals surface area contributed by atoms with Crippen molar-refractivity contribution in [1.29, 1.82) is 0 Å². The average molecular weight is 390 g/mol. The maximum Gasteiger partial charge on any atom is 0.323 e. The Balaban J connectivity index is 1.90. The van der Waals surface area contributed by atoms with Gasteiger partial charge in [0.15, 0.2) is 0 Å². The fourth-order valence-corrected chi connectivity index (χ4v) is 2.79. The first-order valence-corrected chi connectivity index (χ1v) is 8.81. The van der Waals surface area contributed by atoms with Gasteiger partial charge in [-0.3, -0.25) is 19.7 Å². The highest BCUT2D eigenvalue weighted by Gasteiger charge is 2.27. The highest BCUT2D eigenvalue weighted by molar-refractivity contribution is 6.08. The number of carbonyl (C=O) groups is 2. The van der Waals surface area contributed by atoms with E-state index in [4.69, 9.17) is 4.74 Å². The van der Waals surface area contributed by atoms with Gasteiger partial charge in [0.25, 0.3) is 5.91 Å². The summed E-state index contributed by atoms with van der Waals surface area (Å²) in [4.78, 5) is 34.6. The van der Waals surface area contributed by atoms with Crippen LogP contribution in [0.2, 0.25) is 0 Å². The van der Waals surface area contributed by atoms with Gasteiger partial charge in [-0.2, -0.15) is 0 Å². The quantitative estimate of drug-likeness (QED) is 0.363. The van der Waals surface area contributed by atoms with Crippen LogP contribution in [-0.2, 0) is 6.61 Å². The summed E-state index contributed by atoms with van der Waals surface area (Å²) in [6, 6.07) is 18.4. The van der Waals surface area contributed by atoms with Gasteiger partial charge >= 0.3 is 5.69 Å². The summed E-state index contributed by atoms with van der Waals surface area (Å²) >= 11 is 0. The van der Waals surface area contributed by atoms with Gasteiger partial charge in [-0.1, -0.05) is 36.4 Å². The second kappa shape index (κ2) is 8.79. The van der Waals surface area contributed by atoms with Gasteiger partial charge in [0.1, 0.15) is 18.5 Å². The Kier molecular flexibility index (Phi) is 5.99. The van der Waals surface area contributed by atoms with Gasteiger partial charge in [0, 0.05) is 11.3 Å². The molecule has 0 spiro atoms. The topological polar surface area (TPSA) is 98.5 Å². The number of amides is 1. The van der Waals surface area contributed by atoms with E-state index in [2.05, 4.69) is 5.32 Å². The zero-order valence-corrected chi connectivity index (χ0v) is 15.6. The molecule has 1 N–H and O–H groups in total. The fraction of sp³-hybridized carbons (Fsp3) is 0.0909. The summed E-state index contributed by atoms with van der Waals surface area (Å²) in [5, 5.41) is 14.4. The number of nitrogens with zero attached hydrogens (tertiary/aromatic N) is 1. The summed E-state index contributed by atoms with van der Waals surface area (Å²) < 4.78 is 5.73. The molecule has 0 aliphatic rings. The molecular formula is C22H18N2O5. The highest BCUT2D eigenvalue weighted by Crippen LogP contribution is 2.35. The normalized spacial score (nSPS) is 10.2. The lowest BCUT2D eigenvalue weighted by Crippen LogP contribution is -2.15. The molecule has 7 heteroatoms. The van der Waals surface area contributed by atoms with Crippen LogP contribution in [0.4, 0.5) is 11.4 Å². The maximum absolute atomic E-state index is 12.7. The summed E-state index contributed by atoms with van der Waals surface area (Å²) in [6.45, 7) is 1.83. The second-order valence-corrected chi connectivity index (χ2v) is 6.33. The van der Waals surface area contributed by atoms with Gasteiger partial charge < -0.3 is 10.1 Å². The molecule has 0 bridgehead atoms. The van der Waals surface area contributed by atoms with E-state index in [1.165, 1.54) is 6.07 Å². The van der Waals surface area contributed by atoms with E-state index < -0.39 is 10.8 Å². The van der Waals surface area contributed by atoms with E-state index in [0.717, 1.165) is 5.56 Å². The van der Waals surface area contributed by atoms with Crippen molar-refractivity contribution in [3.05, 3.63) is 99.1 Å². The summed E-state index contributed by atoms with van der Waals surface area (Å²) in [5.41, 5.74) is 1.79. The number of hydrogen-bond donors (Lipinski definition) is 1. The van der Waals surface area contributed by atoms with E-state index in [9.17, 15) is 19.7 Å². The first-order chi connectivity index (χ1) is 14.0. The van der Waals surface area contributed by atoms with Crippen molar-refractivity contribution in [3.63, 3.8) is 0 Å². The Bertz CT molecular complexity index is 1050. The molecule has 7 nitrogen and oxygen atoms in total. The molecule has 0 saturated carbocycles. The number of benzene rings is 3. The molecule has 0 radical (unpaired) electrons. The summed E-state index contributed by atoms with van der Waals surface area (Å²) in [6.07, 6.45) is 0.687. The van der Waals surface area contributed by atoms with Crippen LogP contribution in [-0.4, -0.2) is 17.1 Å². The Morgan fingerprint density at radius 3 is 2.38 bits per heavy atom. The number of hydrogen-bond acceptors (Lipinski definition) is 5. The molecule has 0 fully saturated rings. The number of anilines is 1. The smallest absolute Gasteiger partial charge is 0.323 e. The zero-order chi connectivity index (χ0) is 20.8. The molecule has 3 rings (SSSR count). The zero-order valence-electron chi connectivity index (χ0n) is 15.6. The Hall–Kier alpha value is -4.00. The van der Waals surface area contributed by atoms with Crippen LogP contribution >= 0.6 is 0 Å². The number of carbonyl (C=O) groups excluding carboxylic acids is 2. The van der Waals surface area contributed by atoms with Gasteiger partial charge in [-0.05, 0) is 48.4 Å². The molecule has 0 saturated heterocycles. The second-order valence-electron chi connectivity index (χ2n) is 6.33. The summed E-state index contributed by atoms with van der Waals surface area (Å²) in [7, 11) is 0. The van der Waals surface area contributed by atoms with Crippen LogP contribution in [0.5, 0.6) is 5.75 Å². The molecule has 0 atom stereocenters. The molecule has 0 unspecified atom stereocenters. The number of aldehydes is 1. The molecule has 1 amide bonds. The van der Waals surface area contributed by atoms with Gasteiger partial charge in [-0.15, -0.1) is 0 Å². The molecule has 3 aromatic carbocycles. The van der Waals surface area contributed by atoms with Crippen LogP contribution in [0.3, 0.4) is 0 Å². The Labute approximate surface area is 167 Å². The van der Waals surface area contributed by atoms with Gasteiger partial charge in [-0.25, -0.2) is 0 Å². The molecule has 146 valence electrons. The number of nitrogens with one attached hydrogen (secondary N) is 1. The number of nitro groups is 1. The van der Waals surface area contributed by atoms with Crippen LogP contribution in [0, 0.1) is 17.0 Å². The van der Waals surface area contributed by atoms with Crippen LogP contribution < -0.4 is 10.1 Å². The van der Waals surface area contributed by atoms with E-state index in [1.807, 2.05) is 30.3 Å². The number of aryl methyl sites for hydroxylation is 1. The van der Waals surface area contributed by atoms with E-state index in [1.54, 1.807) is 37.3 Å². The first-order valence-electron chi connectivity index (χ1n) is 8.81. The van der Waals surface area contributed by atoms with Crippen molar-refractivity contribution < 1.29 is 19.2 Å². The SMILES string of the molecule is Cc1ccc(C(=O)Nc2ccc(C=O)cc2)c([N+](=O)[O-])c1OCc1ccccc1. The molecule has 0 aliphatic heterocycles. The predicted molar refractivity (Wildman–Crippen MR) is 108 cm³/mol. The Morgan fingerprint density at radius 2 is 1.76 bits per heavy atom. The monoisotopic (exact) mass is 390 g/mol. The molecular weight excluding hydrogens is 372 g/mol. The lowest BCUT2D eigenvalue weighted by Gasteiger charge is -2.13. The van der Waals surface area contributed by atoms with Crippen molar-refractivity contribution in [2.24, 2.45) is 0 Å². The van der Waals surface area contributed by atoms with Crippen molar-refractivity contribution in [1.82, 2.24) is 0 Å². The van der Waals surface area contributed by atoms with Gasteiger partial charge in [0.05, 0.1) is 4.92 Å². The molecule has 29 heavy (non-hydrogen) atoms. The molecule has 0 aliphatic carbocycles. The minimum Gasteiger partial charge on any atom is -0.482 e. The number of rotatable bonds is 7.